The van der Waals surface area contributed by atoms with Crippen molar-refractivity contribution in [3.63, 3.8) is 0 Å². The van der Waals surface area contributed by atoms with Crippen LogP contribution in [0.2, 0.25) is 5.02 Å². The summed E-state index contributed by atoms with van der Waals surface area (Å²) in [6.45, 7) is 2.19. The topological polar surface area (TPSA) is 84.2 Å². The van der Waals surface area contributed by atoms with Gasteiger partial charge in [0.25, 0.3) is 0 Å². The van der Waals surface area contributed by atoms with E-state index >= 15 is 0 Å². The molecule has 1 fully saturated rings. The molecule has 0 unspecified atom stereocenters. The standard InChI is InChI=1S/C18H17BrClN5O2S/c19-12-7-14(28-10-12)17-23-16(27-24-17)9-25-5-3-11(4-6-25)18(26)22-15-2-1-13(20)8-21-15/h1-2,7-8,10-11H,3-6,9H2,(H,21,22,26). The molecule has 1 amide bonds. The van der Waals surface area contributed by atoms with Gasteiger partial charge in [0, 0.05) is 22.0 Å². The Morgan fingerprint density at radius 2 is 2.21 bits per heavy atom. The van der Waals surface area contributed by atoms with Crippen LogP contribution in [0.4, 0.5) is 5.82 Å². The largest absolute Gasteiger partial charge is 0.338 e. The second-order valence-electron chi connectivity index (χ2n) is 6.54. The molecule has 0 spiro atoms. The van der Waals surface area contributed by atoms with Crippen LogP contribution in [0, 0.1) is 5.92 Å². The van der Waals surface area contributed by atoms with E-state index in [0.717, 1.165) is 35.3 Å². The highest BCUT2D eigenvalue weighted by atomic mass is 79.9. The highest BCUT2D eigenvalue weighted by Crippen LogP contribution is 2.28. The molecule has 146 valence electrons. The number of thiophene rings is 1. The Kier molecular flexibility index (Phi) is 6.05. The van der Waals surface area contributed by atoms with Crippen molar-refractivity contribution in [1.29, 1.82) is 0 Å². The van der Waals surface area contributed by atoms with Crippen LogP contribution in [-0.2, 0) is 11.3 Å². The number of hydrogen-bond donors (Lipinski definition) is 1. The number of likely N-dealkylation sites (tertiary alicyclic amines) is 1. The third-order valence-electron chi connectivity index (χ3n) is 4.55. The minimum absolute atomic E-state index is 0.00202. The lowest BCUT2D eigenvalue weighted by Crippen LogP contribution is -2.37. The van der Waals surface area contributed by atoms with Crippen LogP contribution in [0.25, 0.3) is 10.7 Å². The molecular weight excluding hydrogens is 466 g/mol. The molecule has 28 heavy (non-hydrogen) atoms. The molecule has 1 N–H and O–H groups in total. The molecule has 0 aliphatic carbocycles. The second kappa shape index (κ2) is 8.69. The van der Waals surface area contributed by atoms with Crippen molar-refractivity contribution in [1.82, 2.24) is 20.0 Å². The van der Waals surface area contributed by atoms with E-state index in [-0.39, 0.29) is 11.8 Å². The molecule has 1 aliphatic rings. The molecular formula is C18H17BrClN5O2S. The van der Waals surface area contributed by atoms with E-state index < -0.39 is 0 Å². The summed E-state index contributed by atoms with van der Waals surface area (Å²) >= 11 is 10.8. The lowest BCUT2D eigenvalue weighted by Gasteiger charge is -2.30. The lowest BCUT2D eigenvalue weighted by molar-refractivity contribution is -0.121. The first-order valence-electron chi connectivity index (χ1n) is 8.78. The summed E-state index contributed by atoms with van der Waals surface area (Å²) < 4.78 is 6.39. The Hall–Kier alpha value is -1.81. The average Bonchev–Trinajstić information content (AvgIpc) is 3.33. The van der Waals surface area contributed by atoms with Gasteiger partial charge in [0.05, 0.1) is 16.4 Å². The van der Waals surface area contributed by atoms with Crippen LogP contribution < -0.4 is 5.32 Å². The van der Waals surface area contributed by atoms with Gasteiger partial charge in [-0.2, -0.15) is 4.98 Å². The average molecular weight is 483 g/mol. The predicted octanol–water partition coefficient (Wildman–Crippen LogP) is 4.46. The summed E-state index contributed by atoms with van der Waals surface area (Å²) in [6.07, 6.45) is 3.07. The zero-order valence-corrected chi connectivity index (χ0v) is 17.9. The van der Waals surface area contributed by atoms with Gasteiger partial charge in [0.15, 0.2) is 0 Å². The fourth-order valence-electron chi connectivity index (χ4n) is 3.07. The third-order valence-corrected chi connectivity index (χ3v) is 6.46. The van der Waals surface area contributed by atoms with E-state index in [4.69, 9.17) is 16.1 Å². The Bertz CT molecular complexity index is 953. The number of carbonyl (C=O) groups is 1. The third kappa shape index (κ3) is 4.78. The number of nitrogens with zero attached hydrogens (tertiary/aromatic N) is 4. The summed E-state index contributed by atoms with van der Waals surface area (Å²) in [5.74, 6) is 1.69. The highest BCUT2D eigenvalue weighted by Gasteiger charge is 2.26. The van der Waals surface area contributed by atoms with Gasteiger partial charge in [-0.1, -0.05) is 16.8 Å². The van der Waals surface area contributed by atoms with Gasteiger partial charge in [0.2, 0.25) is 17.6 Å². The second-order valence-corrected chi connectivity index (χ2v) is 8.81. The first-order valence-corrected chi connectivity index (χ1v) is 10.8. The van der Waals surface area contributed by atoms with Crippen LogP contribution in [0.1, 0.15) is 18.7 Å². The molecule has 10 heteroatoms. The van der Waals surface area contributed by atoms with E-state index in [1.165, 1.54) is 6.20 Å². The van der Waals surface area contributed by atoms with E-state index in [2.05, 4.69) is 41.3 Å². The first kappa shape index (κ1) is 19.5. The number of pyridine rings is 1. The van der Waals surface area contributed by atoms with Gasteiger partial charge >= 0.3 is 0 Å². The van der Waals surface area contributed by atoms with Crippen LogP contribution in [-0.4, -0.2) is 39.0 Å². The fraction of sp³-hybridized carbons (Fsp3) is 0.333. The number of hydrogen-bond acceptors (Lipinski definition) is 7. The van der Waals surface area contributed by atoms with Crippen LogP contribution in [0.15, 0.2) is 38.8 Å². The number of anilines is 1. The zero-order valence-electron chi connectivity index (χ0n) is 14.8. The van der Waals surface area contributed by atoms with Crippen LogP contribution in [0.5, 0.6) is 0 Å². The van der Waals surface area contributed by atoms with Crippen molar-refractivity contribution >= 4 is 50.6 Å². The van der Waals surface area contributed by atoms with E-state index in [9.17, 15) is 4.79 Å². The number of carbonyl (C=O) groups excluding carboxylic acids is 1. The van der Waals surface area contributed by atoms with Gasteiger partial charge < -0.3 is 9.84 Å². The van der Waals surface area contributed by atoms with Gasteiger partial charge in [-0.15, -0.1) is 11.3 Å². The SMILES string of the molecule is O=C(Nc1ccc(Cl)cn1)C1CCN(Cc2nc(-c3cc(Br)cs3)no2)CC1. The smallest absolute Gasteiger partial charge is 0.241 e. The number of amides is 1. The minimum atomic E-state index is -0.0320. The molecule has 0 radical (unpaired) electrons. The van der Waals surface area contributed by atoms with Gasteiger partial charge in [-0.3, -0.25) is 9.69 Å². The van der Waals surface area contributed by atoms with Crippen molar-refractivity contribution in [2.24, 2.45) is 5.92 Å². The van der Waals surface area contributed by atoms with Crippen molar-refractivity contribution in [3.05, 3.63) is 45.2 Å². The van der Waals surface area contributed by atoms with Crippen molar-refractivity contribution in [2.75, 3.05) is 18.4 Å². The molecule has 3 aromatic rings. The molecule has 0 aromatic carbocycles. The summed E-state index contributed by atoms with van der Waals surface area (Å²) in [5.41, 5.74) is 0. The fourth-order valence-corrected chi connectivity index (χ4v) is 4.54. The number of piperidine rings is 1. The van der Waals surface area contributed by atoms with Gasteiger partial charge in [-0.25, -0.2) is 4.98 Å². The first-order chi connectivity index (χ1) is 13.6. The van der Waals surface area contributed by atoms with E-state index in [1.807, 2.05) is 11.4 Å². The van der Waals surface area contributed by atoms with Crippen LogP contribution >= 0.6 is 38.9 Å². The van der Waals surface area contributed by atoms with Crippen molar-refractivity contribution in [2.45, 2.75) is 19.4 Å². The maximum absolute atomic E-state index is 12.4. The normalized spacial score (nSPS) is 15.6. The quantitative estimate of drug-likeness (QED) is 0.578. The lowest BCUT2D eigenvalue weighted by atomic mass is 9.96. The van der Waals surface area contributed by atoms with Gasteiger partial charge in [0.1, 0.15) is 5.82 Å². The molecule has 0 bridgehead atoms. The van der Waals surface area contributed by atoms with E-state index in [0.29, 0.717) is 29.1 Å². The van der Waals surface area contributed by atoms with Crippen LogP contribution in [0.3, 0.4) is 0 Å². The molecule has 0 saturated carbocycles. The Labute approximate surface area is 179 Å². The maximum atomic E-state index is 12.4. The Morgan fingerprint density at radius 1 is 1.39 bits per heavy atom. The number of nitrogens with one attached hydrogen (secondary N) is 1. The maximum Gasteiger partial charge on any atom is 0.241 e. The van der Waals surface area contributed by atoms with Crippen molar-refractivity contribution in [3.8, 4) is 10.7 Å². The molecule has 1 saturated heterocycles. The van der Waals surface area contributed by atoms with E-state index in [1.54, 1.807) is 23.5 Å². The molecule has 7 nitrogen and oxygen atoms in total. The summed E-state index contributed by atoms with van der Waals surface area (Å²) in [6, 6.07) is 5.38. The molecule has 4 heterocycles. The minimum Gasteiger partial charge on any atom is -0.338 e. The summed E-state index contributed by atoms with van der Waals surface area (Å²) in [4.78, 5) is 24.2. The zero-order chi connectivity index (χ0) is 19.5. The van der Waals surface area contributed by atoms with Gasteiger partial charge in [-0.05, 0) is 60.1 Å². The number of rotatable bonds is 5. The summed E-state index contributed by atoms with van der Waals surface area (Å²) in [7, 11) is 0. The Morgan fingerprint density at radius 3 is 2.89 bits per heavy atom. The highest BCUT2D eigenvalue weighted by molar-refractivity contribution is 9.10. The predicted molar refractivity (Wildman–Crippen MR) is 111 cm³/mol. The number of halogens is 2. The molecule has 0 atom stereocenters. The number of aromatic nitrogens is 3. The molecule has 4 rings (SSSR count). The molecule has 3 aromatic heterocycles. The summed E-state index contributed by atoms with van der Waals surface area (Å²) in [5, 5.41) is 9.44. The Balaban J connectivity index is 1.28. The van der Waals surface area contributed by atoms with Crippen molar-refractivity contribution < 1.29 is 9.32 Å². The monoisotopic (exact) mass is 481 g/mol. The molecule has 1 aliphatic heterocycles.